The molecule has 0 radical (unpaired) electrons. The minimum absolute atomic E-state index is 0.151. The van der Waals surface area contributed by atoms with E-state index in [9.17, 15) is 9.90 Å². The van der Waals surface area contributed by atoms with Crippen molar-refractivity contribution in [2.45, 2.75) is 39.5 Å². The highest BCUT2D eigenvalue weighted by molar-refractivity contribution is 5.89. The summed E-state index contributed by atoms with van der Waals surface area (Å²) in [5.41, 5.74) is 1.09. The van der Waals surface area contributed by atoms with Crippen LogP contribution in [0.3, 0.4) is 0 Å². The van der Waals surface area contributed by atoms with Gasteiger partial charge in [0.2, 0.25) is 0 Å². The Morgan fingerprint density at radius 3 is 2.84 bits per heavy atom. The third-order valence-corrected chi connectivity index (χ3v) is 2.74. The number of rotatable bonds is 8. The summed E-state index contributed by atoms with van der Waals surface area (Å²) in [6.45, 7) is 4.47. The Morgan fingerprint density at radius 2 is 2.16 bits per heavy atom. The first-order valence-corrected chi connectivity index (χ1v) is 6.81. The second-order valence-corrected chi connectivity index (χ2v) is 4.41. The van der Waals surface area contributed by atoms with Crippen LogP contribution in [0.2, 0.25) is 0 Å². The Bertz CT molecular complexity index is 436. The first-order chi connectivity index (χ1) is 9.17. The van der Waals surface area contributed by atoms with Gasteiger partial charge in [0.1, 0.15) is 0 Å². The zero-order valence-electron chi connectivity index (χ0n) is 11.7. The summed E-state index contributed by atoms with van der Waals surface area (Å²) in [5, 5.41) is 9.65. The van der Waals surface area contributed by atoms with Crippen LogP contribution < -0.4 is 4.74 Å². The summed E-state index contributed by atoms with van der Waals surface area (Å²) in [6.07, 6.45) is 6.62. The molecule has 0 saturated heterocycles. The van der Waals surface area contributed by atoms with Crippen LogP contribution in [-0.2, 0) is 11.2 Å². The molecule has 0 amide bonds. The largest absolute Gasteiger partial charge is 0.504 e. The first-order valence-electron chi connectivity index (χ1n) is 6.81. The standard InChI is InChI=1S/C16H22O3/c1-3-11-19-16-12-13(9-10-15(16)18)7-5-6-8-14(17)4-2/h6,8-10,12,18H,3-5,7,11H2,1-2H3. The summed E-state index contributed by atoms with van der Waals surface area (Å²) in [7, 11) is 0. The number of allylic oxidation sites excluding steroid dienone is 2. The van der Waals surface area contributed by atoms with Crippen molar-refractivity contribution in [1.29, 1.82) is 0 Å². The molecule has 0 aromatic heterocycles. The molecule has 0 aliphatic heterocycles. The molecule has 3 heteroatoms. The predicted octanol–water partition coefficient (Wildman–Crippen LogP) is 3.65. The molecule has 19 heavy (non-hydrogen) atoms. The van der Waals surface area contributed by atoms with Gasteiger partial charge in [-0.3, -0.25) is 4.79 Å². The molecular formula is C16H22O3. The lowest BCUT2D eigenvalue weighted by atomic mass is 10.1. The SMILES string of the molecule is CCCOc1cc(CCC=CC(=O)CC)ccc1O. The minimum atomic E-state index is 0.151. The van der Waals surface area contributed by atoms with E-state index < -0.39 is 0 Å². The molecule has 0 aliphatic rings. The molecule has 1 aromatic carbocycles. The van der Waals surface area contributed by atoms with Gasteiger partial charge in [0.05, 0.1) is 6.61 Å². The van der Waals surface area contributed by atoms with Crippen molar-refractivity contribution in [3.05, 3.63) is 35.9 Å². The number of phenolic OH excluding ortho intramolecular Hbond substituents is 1. The highest BCUT2D eigenvalue weighted by atomic mass is 16.5. The lowest BCUT2D eigenvalue weighted by molar-refractivity contribution is -0.114. The summed E-state index contributed by atoms with van der Waals surface area (Å²) < 4.78 is 5.47. The van der Waals surface area contributed by atoms with Gasteiger partial charge in [0.25, 0.3) is 0 Å². The maximum absolute atomic E-state index is 11.1. The van der Waals surface area contributed by atoms with Crippen LogP contribution >= 0.6 is 0 Å². The van der Waals surface area contributed by atoms with Crippen molar-refractivity contribution < 1.29 is 14.6 Å². The molecule has 3 nitrogen and oxygen atoms in total. The quantitative estimate of drug-likeness (QED) is 0.727. The molecule has 0 bridgehead atoms. The normalized spacial score (nSPS) is 10.8. The van der Waals surface area contributed by atoms with Crippen molar-refractivity contribution >= 4 is 5.78 Å². The van der Waals surface area contributed by atoms with Gasteiger partial charge in [-0.25, -0.2) is 0 Å². The van der Waals surface area contributed by atoms with Gasteiger partial charge in [0.15, 0.2) is 17.3 Å². The Kier molecular flexibility index (Phi) is 6.72. The second-order valence-electron chi connectivity index (χ2n) is 4.41. The van der Waals surface area contributed by atoms with Gasteiger partial charge in [-0.15, -0.1) is 0 Å². The summed E-state index contributed by atoms with van der Waals surface area (Å²) in [4.78, 5) is 11.1. The number of carbonyl (C=O) groups excluding carboxylic acids is 1. The van der Waals surface area contributed by atoms with Crippen LogP contribution in [0.1, 0.15) is 38.7 Å². The number of aryl methyl sites for hydroxylation is 1. The number of carbonyl (C=O) groups is 1. The molecule has 104 valence electrons. The zero-order chi connectivity index (χ0) is 14.1. The van der Waals surface area contributed by atoms with Crippen LogP contribution in [0.15, 0.2) is 30.4 Å². The van der Waals surface area contributed by atoms with Crippen LogP contribution in [0.4, 0.5) is 0 Å². The number of phenols is 1. The number of ether oxygens (including phenoxy) is 1. The topological polar surface area (TPSA) is 46.5 Å². The van der Waals surface area contributed by atoms with Crippen LogP contribution in [-0.4, -0.2) is 17.5 Å². The van der Waals surface area contributed by atoms with Gasteiger partial charge < -0.3 is 9.84 Å². The molecule has 0 unspecified atom stereocenters. The molecular weight excluding hydrogens is 240 g/mol. The average molecular weight is 262 g/mol. The highest BCUT2D eigenvalue weighted by Crippen LogP contribution is 2.27. The molecule has 1 N–H and O–H groups in total. The Labute approximate surface area is 114 Å². The van der Waals surface area contributed by atoms with Gasteiger partial charge >= 0.3 is 0 Å². The Morgan fingerprint density at radius 1 is 1.37 bits per heavy atom. The fourth-order valence-corrected chi connectivity index (χ4v) is 1.62. The van der Waals surface area contributed by atoms with E-state index in [4.69, 9.17) is 4.74 Å². The third-order valence-electron chi connectivity index (χ3n) is 2.74. The molecule has 0 heterocycles. The zero-order valence-corrected chi connectivity index (χ0v) is 11.7. The number of hydrogen-bond acceptors (Lipinski definition) is 3. The molecule has 1 rings (SSSR count). The van der Waals surface area contributed by atoms with Crippen molar-refractivity contribution in [2.24, 2.45) is 0 Å². The summed E-state index contributed by atoms with van der Waals surface area (Å²) in [5.74, 6) is 0.861. The van der Waals surface area contributed by atoms with Gasteiger partial charge in [0, 0.05) is 6.42 Å². The monoisotopic (exact) mass is 262 g/mol. The fourth-order valence-electron chi connectivity index (χ4n) is 1.62. The molecule has 0 saturated carbocycles. The maximum atomic E-state index is 11.1. The van der Waals surface area contributed by atoms with Gasteiger partial charge in [-0.2, -0.15) is 0 Å². The van der Waals surface area contributed by atoms with Crippen molar-refractivity contribution in [3.8, 4) is 11.5 Å². The summed E-state index contributed by atoms with van der Waals surface area (Å²) >= 11 is 0. The van der Waals surface area contributed by atoms with E-state index in [1.54, 1.807) is 12.1 Å². The maximum Gasteiger partial charge on any atom is 0.161 e. The van der Waals surface area contributed by atoms with Crippen molar-refractivity contribution in [3.63, 3.8) is 0 Å². The Hall–Kier alpha value is -1.77. The van der Waals surface area contributed by atoms with Crippen LogP contribution in [0, 0.1) is 0 Å². The van der Waals surface area contributed by atoms with E-state index in [1.165, 1.54) is 0 Å². The van der Waals surface area contributed by atoms with Crippen LogP contribution in [0.25, 0.3) is 0 Å². The lowest BCUT2D eigenvalue weighted by Gasteiger charge is -2.08. The highest BCUT2D eigenvalue weighted by Gasteiger charge is 2.03. The van der Waals surface area contributed by atoms with Gasteiger partial charge in [-0.1, -0.05) is 26.0 Å². The molecule has 0 spiro atoms. The van der Waals surface area contributed by atoms with E-state index in [0.29, 0.717) is 18.8 Å². The van der Waals surface area contributed by atoms with Gasteiger partial charge in [-0.05, 0) is 43.0 Å². The molecule has 0 aliphatic carbocycles. The third kappa shape index (κ3) is 5.60. The Balaban J connectivity index is 2.54. The fraction of sp³-hybridized carbons (Fsp3) is 0.438. The second kappa shape index (κ2) is 8.35. The van der Waals surface area contributed by atoms with E-state index in [-0.39, 0.29) is 11.5 Å². The minimum Gasteiger partial charge on any atom is -0.504 e. The van der Waals surface area contributed by atoms with Crippen molar-refractivity contribution in [1.82, 2.24) is 0 Å². The number of aromatic hydroxyl groups is 1. The number of ketones is 1. The average Bonchev–Trinajstić information content (AvgIpc) is 2.43. The first kappa shape index (κ1) is 15.3. The summed E-state index contributed by atoms with van der Waals surface area (Å²) in [6, 6.07) is 5.39. The smallest absolute Gasteiger partial charge is 0.161 e. The van der Waals surface area contributed by atoms with E-state index >= 15 is 0 Å². The van der Waals surface area contributed by atoms with E-state index in [1.807, 2.05) is 32.1 Å². The molecule has 0 atom stereocenters. The number of benzene rings is 1. The molecule has 1 aromatic rings. The number of hydrogen-bond donors (Lipinski definition) is 1. The van der Waals surface area contributed by atoms with Crippen molar-refractivity contribution in [2.75, 3.05) is 6.61 Å². The van der Waals surface area contributed by atoms with E-state index in [2.05, 4.69) is 0 Å². The molecule has 0 fully saturated rings. The van der Waals surface area contributed by atoms with E-state index in [0.717, 1.165) is 24.8 Å². The predicted molar refractivity (Wildman–Crippen MR) is 76.7 cm³/mol. The lowest BCUT2D eigenvalue weighted by Crippen LogP contribution is -1.96. The van der Waals surface area contributed by atoms with Crippen LogP contribution in [0.5, 0.6) is 11.5 Å².